The largest absolute Gasteiger partial charge is 0.508 e. The van der Waals surface area contributed by atoms with Gasteiger partial charge in [0.05, 0.1) is 6.10 Å². The summed E-state index contributed by atoms with van der Waals surface area (Å²) in [5, 5.41) is 45.0. The molecule has 2 bridgehead atoms. The molecule has 11 atom stereocenters. The molecule has 4 rings (SSSR count). The number of hydrogen-bond donors (Lipinski definition) is 9. The van der Waals surface area contributed by atoms with Crippen LogP contribution in [0.25, 0.3) is 0 Å². The van der Waals surface area contributed by atoms with Gasteiger partial charge in [-0.1, -0.05) is 82.5 Å². The second-order valence-corrected chi connectivity index (χ2v) is 18.2. The molecule has 2 aromatic carbocycles. The van der Waals surface area contributed by atoms with Crippen molar-refractivity contribution in [3.63, 3.8) is 0 Å². The number of nitrogens with zero attached hydrogens (tertiary/aromatic N) is 2. The first-order valence-electron chi connectivity index (χ1n) is 23.9. The van der Waals surface area contributed by atoms with Gasteiger partial charge in [-0.3, -0.25) is 38.4 Å². The van der Waals surface area contributed by atoms with Gasteiger partial charge in [-0.15, -0.1) is 0 Å². The van der Waals surface area contributed by atoms with Crippen molar-refractivity contribution in [2.24, 2.45) is 11.7 Å². The second-order valence-electron chi connectivity index (χ2n) is 18.2. The van der Waals surface area contributed by atoms with Crippen LogP contribution in [-0.2, 0) is 60.7 Å². The monoisotopic (exact) mass is 979 g/mol. The Morgan fingerprint density at radius 2 is 1.47 bits per heavy atom. The molecule has 2 fully saturated rings. The van der Waals surface area contributed by atoms with Gasteiger partial charge >= 0.3 is 5.97 Å². The topological polar surface area (TPSA) is 316 Å². The Bertz CT molecular complexity index is 2160. The van der Waals surface area contributed by atoms with Gasteiger partial charge in [0.2, 0.25) is 47.3 Å². The van der Waals surface area contributed by atoms with Crippen molar-refractivity contribution < 1.29 is 63.2 Å². The first-order chi connectivity index (χ1) is 33.2. The number of cyclic esters (lactones) is 1. The number of aromatic hydroxyl groups is 1. The number of likely N-dealkylation sites (N-methyl/N-ethyl adjacent to an activating group) is 1. The van der Waals surface area contributed by atoms with Crippen molar-refractivity contribution in [1.29, 1.82) is 0 Å². The number of esters is 1. The van der Waals surface area contributed by atoms with E-state index >= 15 is 4.79 Å². The van der Waals surface area contributed by atoms with Gasteiger partial charge in [0.15, 0.2) is 0 Å². The number of aliphatic hydroxyl groups is 2. The summed E-state index contributed by atoms with van der Waals surface area (Å²) >= 11 is 0. The van der Waals surface area contributed by atoms with Crippen molar-refractivity contribution in [2.45, 2.75) is 166 Å². The Morgan fingerprint density at radius 3 is 2.09 bits per heavy atom. The normalized spacial score (nSPS) is 25.4. The third-order valence-electron chi connectivity index (χ3n) is 12.8. The predicted molar refractivity (Wildman–Crippen MR) is 253 cm³/mol. The number of phenols is 1. The Kier molecular flexibility index (Phi) is 21.1. The lowest BCUT2D eigenvalue weighted by atomic mass is 9.95. The zero-order valence-electron chi connectivity index (χ0n) is 40.7. The highest BCUT2D eigenvalue weighted by molar-refractivity contribution is 5.98. The molecule has 0 aromatic heterocycles. The minimum Gasteiger partial charge on any atom is -0.508 e. The summed E-state index contributed by atoms with van der Waals surface area (Å²) in [4.78, 5) is 128. The third kappa shape index (κ3) is 15.4. The highest BCUT2D eigenvalue weighted by atomic mass is 16.5. The lowest BCUT2D eigenvalue weighted by molar-refractivity contribution is -0.165. The van der Waals surface area contributed by atoms with Crippen LogP contribution in [0.5, 0.6) is 5.75 Å². The maximum atomic E-state index is 15.0. The molecule has 2 aliphatic heterocycles. The van der Waals surface area contributed by atoms with Gasteiger partial charge in [-0.05, 0) is 68.7 Å². The van der Waals surface area contributed by atoms with Gasteiger partial charge in [0, 0.05) is 32.7 Å². The number of phenolic OH excluding ortho intramolecular Hbond substituents is 1. The molecule has 8 amide bonds. The van der Waals surface area contributed by atoms with Crippen LogP contribution in [-0.4, -0.2) is 146 Å². The van der Waals surface area contributed by atoms with E-state index in [1.807, 2.05) is 6.92 Å². The van der Waals surface area contributed by atoms with Crippen molar-refractivity contribution in [2.75, 3.05) is 7.05 Å². The fraction of sp³-hybridized carbons (Fsp3) is 0.571. The lowest BCUT2D eigenvalue weighted by Crippen LogP contribution is -2.65. The van der Waals surface area contributed by atoms with Crippen LogP contribution in [0.4, 0.5) is 0 Å². The Balaban J connectivity index is 1.88. The summed E-state index contributed by atoms with van der Waals surface area (Å²) in [5.74, 6) is -8.85. The molecule has 0 saturated carbocycles. The number of amides is 8. The first-order valence-corrected chi connectivity index (χ1v) is 23.9. The number of benzene rings is 2. The molecule has 10 N–H and O–H groups in total. The summed E-state index contributed by atoms with van der Waals surface area (Å²) in [7, 11) is 1.34. The average molecular weight is 979 g/mol. The maximum absolute atomic E-state index is 15.0. The standard InChI is InChI=1S/C49H70N8O13/c1-7-9-11-16-38(61)53-41(28(4)58)45(65)55-42-29(5)70-49(69)40(27(3)8-2)54-44(64)35(25-31-17-19-32(59)20-18-31)56(6)48(68)36(26-30-14-12-10-13-15-30)57-39(62)24-22-34(47(57)67)52-43(63)33(51-46(42)66)21-23-37(50)60/h10,12-15,17-20,27-29,33-36,39-42,58-59,62H,7-9,11,16,21-26H2,1-6H3,(H2,50,60)(H,51,66)(H,52,63)(H,53,61)(H,54,64)(H,55,65)/t27-,28+,29+,33-,34-,35-,36-,39+,40?,41-,42-/m0/s1. The summed E-state index contributed by atoms with van der Waals surface area (Å²) < 4.78 is 5.87. The number of unbranched alkanes of at least 4 members (excludes halogenated alkanes) is 2. The van der Waals surface area contributed by atoms with Crippen molar-refractivity contribution in [3.8, 4) is 5.75 Å². The molecule has 2 aromatic rings. The number of aliphatic hydroxyl groups excluding tert-OH is 2. The van der Waals surface area contributed by atoms with E-state index in [-0.39, 0.29) is 37.9 Å². The van der Waals surface area contributed by atoms with Crippen molar-refractivity contribution >= 4 is 53.2 Å². The van der Waals surface area contributed by atoms with Crippen LogP contribution in [0.3, 0.4) is 0 Å². The minimum absolute atomic E-state index is 0.0370. The van der Waals surface area contributed by atoms with E-state index in [4.69, 9.17) is 10.5 Å². The summed E-state index contributed by atoms with van der Waals surface area (Å²) in [6, 6.07) is 3.69. The predicted octanol–water partition coefficient (Wildman–Crippen LogP) is -0.0442. The number of hydrogen-bond acceptors (Lipinski definition) is 13. The summed E-state index contributed by atoms with van der Waals surface area (Å²) in [5.41, 5.74) is 6.53. The van der Waals surface area contributed by atoms with Crippen LogP contribution in [0, 0.1) is 5.92 Å². The van der Waals surface area contributed by atoms with Gasteiger partial charge in [0.1, 0.15) is 60.4 Å². The molecule has 1 unspecified atom stereocenters. The van der Waals surface area contributed by atoms with E-state index in [2.05, 4.69) is 26.6 Å². The van der Waals surface area contributed by atoms with Crippen LogP contribution in [0.15, 0.2) is 54.6 Å². The molecule has 0 aliphatic carbocycles. The maximum Gasteiger partial charge on any atom is 0.329 e. The minimum atomic E-state index is -1.86. The number of piperidine rings is 1. The Morgan fingerprint density at radius 1 is 0.829 bits per heavy atom. The number of ether oxygens (including phenoxy) is 1. The number of carbonyl (C=O) groups excluding carboxylic acids is 9. The molecule has 2 heterocycles. The number of carbonyl (C=O) groups is 9. The third-order valence-corrected chi connectivity index (χ3v) is 12.8. The van der Waals surface area contributed by atoms with E-state index in [9.17, 15) is 53.7 Å². The molecule has 0 radical (unpaired) electrons. The zero-order valence-corrected chi connectivity index (χ0v) is 40.7. The van der Waals surface area contributed by atoms with Gasteiger partial charge in [-0.25, -0.2) is 4.79 Å². The molecule has 21 heteroatoms. The van der Waals surface area contributed by atoms with E-state index in [1.165, 1.54) is 33.0 Å². The average Bonchev–Trinajstić information content (AvgIpc) is 3.32. The van der Waals surface area contributed by atoms with Crippen LogP contribution in [0.2, 0.25) is 0 Å². The van der Waals surface area contributed by atoms with Crippen LogP contribution < -0.4 is 32.3 Å². The van der Waals surface area contributed by atoms with Crippen molar-refractivity contribution in [1.82, 2.24) is 36.4 Å². The molecule has 384 valence electrons. The molecular formula is C49H70N8O13. The smallest absolute Gasteiger partial charge is 0.329 e. The number of nitrogens with two attached hydrogens (primary N) is 1. The summed E-state index contributed by atoms with van der Waals surface area (Å²) in [6.07, 6.45) is -3.68. The van der Waals surface area contributed by atoms with Gasteiger partial charge in [0.25, 0.3) is 0 Å². The molecular weight excluding hydrogens is 909 g/mol. The molecule has 70 heavy (non-hydrogen) atoms. The van der Waals surface area contributed by atoms with E-state index in [0.717, 1.165) is 22.6 Å². The lowest BCUT2D eigenvalue weighted by Gasteiger charge is -2.43. The number of primary amides is 1. The second kappa shape index (κ2) is 26.4. The molecule has 21 nitrogen and oxygen atoms in total. The van der Waals surface area contributed by atoms with Gasteiger partial charge in [-0.2, -0.15) is 0 Å². The molecule has 0 spiro atoms. The SMILES string of the molecule is CCCCCC(=O)N[C@H](C(=O)N[C@@H]1C(=O)N[C@@H](CCC(N)=O)C(=O)N[C@H]2CC[C@@H](O)N(C2=O)[C@@H](Cc2ccccc2)C(=O)N(C)[C@@H](Cc2ccc(O)cc2)C(=O)NC([C@@H](C)CC)C(=O)O[C@@H]1C)[C@@H](C)O. The van der Waals surface area contributed by atoms with E-state index in [0.29, 0.717) is 24.0 Å². The van der Waals surface area contributed by atoms with E-state index < -0.39 is 133 Å². The van der Waals surface area contributed by atoms with E-state index in [1.54, 1.807) is 56.3 Å². The van der Waals surface area contributed by atoms with Crippen LogP contribution >= 0.6 is 0 Å². The zero-order chi connectivity index (χ0) is 51.8. The number of fused-ring (bicyclic) bond motifs is 2. The fourth-order valence-corrected chi connectivity index (χ4v) is 8.35. The fourth-order valence-electron chi connectivity index (χ4n) is 8.35. The molecule has 2 saturated heterocycles. The summed E-state index contributed by atoms with van der Waals surface area (Å²) in [6.45, 7) is 7.83. The Hall–Kier alpha value is -6.61. The number of rotatable bonds is 17. The van der Waals surface area contributed by atoms with Crippen LogP contribution in [0.1, 0.15) is 104 Å². The van der Waals surface area contributed by atoms with Gasteiger partial charge < -0.3 is 62.2 Å². The number of nitrogens with one attached hydrogen (secondary N) is 5. The Labute approximate surface area is 408 Å². The quantitative estimate of drug-likeness (QED) is 0.0744. The van der Waals surface area contributed by atoms with Crippen molar-refractivity contribution in [3.05, 3.63) is 65.7 Å². The highest BCUT2D eigenvalue weighted by Crippen LogP contribution is 2.26. The molecule has 2 aliphatic rings. The highest BCUT2D eigenvalue weighted by Gasteiger charge is 2.46. The first kappa shape index (κ1) is 56.0.